The fourth-order valence-corrected chi connectivity index (χ4v) is 2.92. The third kappa shape index (κ3) is 8.25. The number of hydrogen-bond donors (Lipinski definition) is 3. The summed E-state index contributed by atoms with van der Waals surface area (Å²) < 4.78 is 0. The fourth-order valence-electron chi connectivity index (χ4n) is 2.92. The predicted octanol–water partition coefficient (Wildman–Crippen LogP) is 2.70. The molecule has 2 unspecified atom stereocenters. The summed E-state index contributed by atoms with van der Waals surface area (Å²) in [5, 5.41) is 5.71. The number of carbonyl (C=O) groups is 2. The van der Waals surface area contributed by atoms with Gasteiger partial charge in [0.1, 0.15) is 0 Å². The minimum Gasteiger partial charge on any atom is -0.371 e. The van der Waals surface area contributed by atoms with Crippen molar-refractivity contribution in [1.29, 1.82) is 0 Å². The molecular formula is C18H30Cl2N4O2. The van der Waals surface area contributed by atoms with Gasteiger partial charge in [0.15, 0.2) is 0 Å². The number of rotatable bonds is 7. The number of nitrogens with two attached hydrogens (primary N) is 1. The molecule has 6 nitrogen and oxygen atoms in total. The van der Waals surface area contributed by atoms with Gasteiger partial charge in [0.05, 0.1) is 0 Å². The highest BCUT2D eigenvalue weighted by Gasteiger charge is 2.15. The number of anilines is 2. The van der Waals surface area contributed by atoms with Crippen LogP contribution in [-0.4, -0.2) is 37.0 Å². The molecule has 1 aromatic carbocycles. The second kappa shape index (κ2) is 12.0. The molecule has 0 aliphatic carbocycles. The van der Waals surface area contributed by atoms with Gasteiger partial charge >= 0.3 is 0 Å². The first-order valence-electron chi connectivity index (χ1n) is 8.64. The van der Waals surface area contributed by atoms with E-state index >= 15 is 0 Å². The van der Waals surface area contributed by atoms with E-state index in [1.54, 1.807) is 6.92 Å². The maximum Gasteiger partial charge on any atom is 0.226 e. The highest BCUT2D eigenvalue weighted by molar-refractivity contribution is 5.92. The standard InChI is InChI=1S/C18H28N4O2.2ClH/c1-13(19)10-17(23)20-14(2)11-18(24)21-15-6-5-7-16(12-15)22-8-3-4-9-22;;/h5-7,12-14H,3-4,8-11,19H2,1-2H3,(H,20,23)(H,21,24);2*1H. The second-order valence-electron chi connectivity index (χ2n) is 6.65. The van der Waals surface area contributed by atoms with Crippen molar-refractivity contribution in [3.05, 3.63) is 24.3 Å². The molecule has 0 bridgehead atoms. The third-order valence-electron chi connectivity index (χ3n) is 4.01. The van der Waals surface area contributed by atoms with Crippen LogP contribution in [0.1, 0.15) is 39.5 Å². The normalized spacial score (nSPS) is 15.3. The Kier molecular flexibility index (Phi) is 11.3. The van der Waals surface area contributed by atoms with E-state index in [-0.39, 0.29) is 61.6 Å². The maximum absolute atomic E-state index is 12.2. The van der Waals surface area contributed by atoms with Crippen molar-refractivity contribution in [2.24, 2.45) is 5.73 Å². The molecule has 0 aromatic heterocycles. The summed E-state index contributed by atoms with van der Waals surface area (Å²) >= 11 is 0. The molecule has 2 amide bonds. The van der Waals surface area contributed by atoms with Crippen molar-refractivity contribution in [2.75, 3.05) is 23.3 Å². The Labute approximate surface area is 168 Å². The van der Waals surface area contributed by atoms with Crippen LogP contribution in [-0.2, 0) is 9.59 Å². The Morgan fingerprint density at radius 3 is 2.38 bits per heavy atom. The van der Waals surface area contributed by atoms with Crippen LogP contribution in [0.5, 0.6) is 0 Å². The Morgan fingerprint density at radius 1 is 1.12 bits per heavy atom. The molecule has 2 atom stereocenters. The molecule has 1 heterocycles. The van der Waals surface area contributed by atoms with E-state index in [2.05, 4.69) is 21.6 Å². The number of nitrogens with zero attached hydrogens (tertiary/aromatic N) is 1. The Hall–Kier alpha value is -1.50. The average molecular weight is 405 g/mol. The molecule has 2 rings (SSSR count). The molecule has 0 spiro atoms. The van der Waals surface area contributed by atoms with Gasteiger partial charge in [-0.05, 0) is 44.9 Å². The van der Waals surface area contributed by atoms with Gasteiger partial charge in [0.25, 0.3) is 0 Å². The SMILES string of the molecule is CC(N)CC(=O)NC(C)CC(=O)Nc1cccc(N2CCCC2)c1.Cl.Cl. The van der Waals surface area contributed by atoms with Crippen molar-refractivity contribution >= 4 is 48.0 Å². The number of nitrogens with one attached hydrogen (secondary N) is 2. The first kappa shape index (κ1) is 24.5. The van der Waals surface area contributed by atoms with Crippen LogP contribution in [0.3, 0.4) is 0 Å². The topological polar surface area (TPSA) is 87.5 Å². The van der Waals surface area contributed by atoms with Crippen LogP contribution < -0.4 is 21.3 Å². The second-order valence-corrected chi connectivity index (χ2v) is 6.65. The van der Waals surface area contributed by atoms with E-state index in [9.17, 15) is 9.59 Å². The van der Waals surface area contributed by atoms with Crippen molar-refractivity contribution < 1.29 is 9.59 Å². The molecule has 1 aliphatic rings. The van der Waals surface area contributed by atoms with E-state index in [4.69, 9.17) is 5.73 Å². The lowest BCUT2D eigenvalue weighted by atomic mass is 10.2. The minimum absolute atomic E-state index is 0. The fraction of sp³-hybridized carbons (Fsp3) is 0.556. The van der Waals surface area contributed by atoms with E-state index in [1.165, 1.54) is 12.8 Å². The summed E-state index contributed by atoms with van der Waals surface area (Å²) in [6.07, 6.45) is 2.94. The van der Waals surface area contributed by atoms with Crippen molar-refractivity contribution in [2.45, 2.75) is 51.6 Å². The van der Waals surface area contributed by atoms with Crippen LogP contribution in [0.4, 0.5) is 11.4 Å². The average Bonchev–Trinajstić information content (AvgIpc) is 3.00. The van der Waals surface area contributed by atoms with E-state index in [1.807, 2.05) is 25.1 Å². The van der Waals surface area contributed by atoms with Gasteiger partial charge in [0, 0.05) is 49.4 Å². The molecule has 8 heteroatoms. The van der Waals surface area contributed by atoms with Crippen molar-refractivity contribution in [3.63, 3.8) is 0 Å². The number of hydrogen-bond acceptors (Lipinski definition) is 4. The van der Waals surface area contributed by atoms with Gasteiger partial charge in [-0.1, -0.05) is 6.07 Å². The van der Waals surface area contributed by atoms with Gasteiger partial charge in [-0.3, -0.25) is 9.59 Å². The lowest BCUT2D eigenvalue weighted by Gasteiger charge is -2.19. The number of benzene rings is 1. The van der Waals surface area contributed by atoms with Gasteiger partial charge < -0.3 is 21.3 Å². The number of amides is 2. The van der Waals surface area contributed by atoms with Gasteiger partial charge in [-0.2, -0.15) is 0 Å². The number of carbonyl (C=O) groups excluding carboxylic acids is 2. The van der Waals surface area contributed by atoms with Gasteiger partial charge in [-0.25, -0.2) is 0 Å². The molecule has 1 aliphatic heterocycles. The Balaban J connectivity index is 0.00000312. The maximum atomic E-state index is 12.2. The zero-order chi connectivity index (χ0) is 17.5. The quantitative estimate of drug-likeness (QED) is 0.651. The summed E-state index contributed by atoms with van der Waals surface area (Å²) in [7, 11) is 0. The van der Waals surface area contributed by atoms with Crippen LogP contribution in [0, 0.1) is 0 Å². The molecule has 26 heavy (non-hydrogen) atoms. The minimum atomic E-state index is -0.224. The van der Waals surface area contributed by atoms with Crippen molar-refractivity contribution in [1.82, 2.24) is 5.32 Å². The van der Waals surface area contributed by atoms with Gasteiger partial charge in [0.2, 0.25) is 11.8 Å². The first-order valence-corrected chi connectivity index (χ1v) is 8.64. The van der Waals surface area contributed by atoms with Gasteiger partial charge in [-0.15, -0.1) is 24.8 Å². The molecule has 148 valence electrons. The highest BCUT2D eigenvalue weighted by atomic mass is 35.5. The monoisotopic (exact) mass is 404 g/mol. The Bertz CT molecular complexity index is 578. The summed E-state index contributed by atoms with van der Waals surface area (Å²) in [6.45, 7) is 5.74. The molecule has 0 saturated carbocycles. The van der Waals surface area contributed by atoms with Crippen LogP contribution in [0.25, 0.3) is 0 Å². The van der Waals surface area contributed by atoms with E-state index < -0.39 is 0 Å². The summed E-state index contributed by atoms with van der Waals surface area (Å²) in [5.41, 5.74) is 7.53. The molecular weight excluding hydrogens is 375 g/mol. The molecule has 0 radical (unpaired) electrons. The van der Waals surface area contributed by atoms with E-state index in [0.29, 0.717) is 0 Å². The van der Waals surface area contributed by atoms with Crippen LogP contribution >= 0.6 is 24.8 Å². The molecule has 1 fully saturated rings. The highest BCUT2D eigenvalue weighted by Crippen LogP contribution is 2.23. The molecule has 1 saturated heterocycles. The zero-order valence-electron chi connectivity index (χ0n) is 15.4. The smallest absolute Gasteiger partial charge is 0.226 e. The van der Waals surface area contributed by atoms with Crippen LogP contribution in [0.2, 0.25) is 0 Å². The number of halogens is 2. The summed E-state index contributed by atoms with van der Waals surface area (Å²) in [4.78, 5) is 26.2. The van der Waals surface area contributed by atoms with Crippen LogP contribution in [0.15, 0.2) is 24.3 Å². The summed E-state index contributed by atoms with van der Waals surface area (Å²) in [5.74, 6) is -0.233. The predicted molar refractivity (Wildman–Crippen MR) is 112 cm³/mol. The zero-order valence-corrected chi connectivity index (χ0v) is 17.0. The molecule has 1 aromatic rings. The first-order chi connectivity index (χ1) is 11.4. The lowest BCUT2D eigenvalue weighted by Crippen LogP contribution is -2.37. The Morgan fingerprint density at radius 2 is 1.77 bits per heavy atom. The van der Waals surface area contributed by atoms with E-state index in [0.717, 1.165) is 24.5 Å². The third-order valence-corrected chi connectivity index (χ3v) is 4.01. The molecule has 4 N–H and O–H groups in total. The lowest BCUT2D eigenvalue weighted by molar-refractivity contribution is -0.122. The van der Waals surface area contributed by atoms with Crippen molar-refractivity contribution in [3.8, 4) is 0 Å². The summed E-state index contributed by atoms with van der Waals surface area (Å²) in [6, 6.07) is 7.51. The largest absolute Gasteiger partial charge is 0.371 e.